The van der Waals surface area contributed by atoms with Crippen molar-refractivity contribution in [3.8, 4) is 5.75 Å². The molecule has 2 aliphatic heterocycles. The van der Waals surface area contributed by atoms with E-state index in [0.717, 1.165) is 5.56 Å². The molecule has 0 aliphatic carbocycles. The van der Waals surface area contributed by atoms with Crippen LogP contribution in [0.3, 0.4) is 0 Å². The highest BCUT2D eigenvalue weighted by Gasteiger charge is 2.44. The summed E-state index contributed by atoms with van der Waals surface area (Å²) in [5, 5.41) is 17.2. The smallest absolute Gasteiger partial charge is 0.322 e. The van der Waals surface area contributed by atoms with E-state index in [4.69, 9.17) is 9.84 Å². The second kappa shape index (κ2) is 8.62. The van der Waals surface area contributed by atoms with Gasteiger partial charge in [-0.2, -0.15) is 0 Å². The van der Waals surface area contributed by atoms with Crippen molar-refractivity contribution in [3.63, 3.8) is 0 Å². The Morgan fingerprint density at radius 1 is 1.34 bits per heavy atom. The first-order valence-electron chi connectivity index (χ1n) is 10.2. The van der Waals surface area contributed by atoms with Gasteiger partial charge in [0.05, 0.1) is 12.6 Å². The minimum Gasteiger partial charge on any atom is -0.481 e. The number of halogens is 2. The summed E-state index contributed by atoms with van der Waals surface area (Å²) in [6.45, 7) is 1.76. The highest BCUT2D eigenvalue weighted by atomic mass is 19.3. The van der Waals surface area contributed by atoms with E-state index >= 15 is 0 Å². The number of carbonyl (C=O) groups excluding carboxylic acids is 2. The molecule has 0 radical (unpaired) electrons. The fourth-order valence-corrected chi connectivity index (χ4v) is 3.94. The van der Waals surface area contributed by atoms with Gasteiger partial charge in [0.25, 0.3) is 6.43 Å². The SMILES string of the molecule is C[C@@]1(C(F)F)C[C@@H](NC(=O)Nc2ccc3c(c2)NC(=O)N(CCO)C3)c2ccccc2O1. The van der Waals surface area contributed by atoms with Crippen LogP contribution in [0.1, 0.15) is 30.5 Å². The predicted molar refractivity (Wildman–Crippen MR) is 114 cm³/mol. The summed E-state index contributed by atoms with van der Waals surface area (Å²) in [4.78, 5) is 26.3. The fourth-order valence-electron chi connectivity index (χ4n) is 3.94. The van der Waals surface area contributed by atoms with Gasteiger partial charge in [-0.05, 0) is 30.7 Å². The molecule has 0 spiro atoms. The van der Waals surface area contributed by atoms with E-state index in [2.05, 4.69) is 16.0 Å². The number of para-hydroxylation sites is 1. The second-order valence-corrected chi connectivity index (χ2v) is 8.06. The summed E-state index contributed by atoms with van der Waals surface area (Å²) in [5.41, 5.74) is 0.748. The first kappa shape index (κ1) is 21.8. The number of carbonyl (C=O) groups is 2. The van der Waals surface area contributed by atoms with E-state index < -0.39 is 24.1 Å². The van der Waals surface area contributed by atoms with Gasteiger partial charge < -0.3 is 30.7 Å². The number of alkyl halides is 2. The zero-order valence-corrected chi connectivity index (χ0v) is 17.4. The lowest BCUT2D eigenvalue weighted by Crippen LogP contribution is -2.48. The Kier molecular flexibility index (Phi) is 5.88. The van der Waals surface area contributed by atoms with E-state index in [9.17, 15) is 18.4 Å². The summed E-state index contributed by atoms with van der Waals surface area (Å²) in [5.74, 6) is 0.316. The Labute approximate surface area is 183 Å². The maximum Gasteiger partial charge on any atom is 0.322 e. The molecule has 10 heteroatoms. The van der Waals surface area contributed by atoms with Crippen molar-refractivity contribution in [2.24, 2.45) is 0 Å². The minimum absolute atomic E-state index is 0.0873. The number of anilines is 2. The minimum atomic E-state index is -2.72. The molecule has 2 aromatic carbocycles. The Morgan fingerprint density at radius 3 is 2.88 bits per heavy atom. The molecule has 0 unspecified atom stereocenters. The molecular formula is C22H24F2N4O4. The summed E-state index contributed by atoms with van der Waals surface area (Å²) in [7, 11) is 0. The molecule has 4 amide bonds. The maximum atomic E-state index is 13.6. The van der Waals surface area contributed by atoms with Crippen LogP contribution in [0, 0.1) is 0 Å². The number of β-amino-alcohol motifs (C(OH)–C–C–N with tert-alkyl or cyclic N) is 1. The lowest BCUT2D eigenvalue weighted by molar-refractivity contribution is -0.0824. The molecule has 32 heavy (non-hydrogen) atoms. The number of hydrogen-bond donors (Lipinski definition) is 4. The summed E-state index contributed by atoms with van der Waals surface area (Å²) < 4.78 is 32.8. The summed E-state index contributed by atoms with van der Waals surface area (Å²) in [6.07, 6.45) is -2.81. The lowest BCUT2D eigenvalue weighted by atomic mass is 9.88. The monoisotopic (exact) mass is 446 g/mol. The van der Waals surface area contributed by atoms with Crippen molar-refractivity contribution in [1.82, 2.24) is 10.2 Å². The molecular weight excluding hydrogens is 422 g/mol. The van der Waals surface area contributed by atoms with Crippen molar-refractivity contribution in [3.05, 3.63) is 53.6 Å². The summed E-state index contributed by atoms with van der Waals surface area (Å²) in [6, 6.07) is 10.3. The van der Waals surface area contributed by atoms with Crippen molar-refractivity contribution < 1.29 is 28.2 Å². The number of fused-ring (bicyclic) bond motifs is 2. The quantitative estimate of drug-likeness (QED) is 0.562. The average Bonchev–Trinajstić information content (AvgIpc) is 2.74. The normalized spacial score (nSPS) is 21.8. The molecule has 2 aromatic rings. The molecule has 2 aliphatic rings. The molecule has 8 nitrogen and oxygen atoms in total. The van der Waals surface area contributed by atoms with Crippen LogP contribution in [0.4, 0.5) is 29.7 Å². The standard InChI is InChI=1S/C22H24F2N4O4/c1-22(19(23)24)11-17(15-4-2-3-5-18(15)32-22)26-20(30)25-14-7-6-13-12-28(8-9-29)21(31)27-16(13)10-14/h2-7,10,17,19,29H,8-9,11-12H2,1H3,(H,27,31)(H2,25,26,30)/t17-,22+/m1/s1. The highest BCUT2D eigenvalue weighted by molar-refractivity contribution is 5.95. The van der Waals surface area contributed by atoms with Gasteiger partial charge in [0.15, 0.2) is 5.60 Å². The Bertz CT molecular complexity index is 1030. The van der Waals surface area contributed by atoms with E-state index in [0.29, 0.717) is 29.2 Å². The van der Waals surface area contributed by atoms with Gasteiger partial charge in [0.2, 0.25) is 0 Å². The van der Waals surface area contributed by atoms with Gasteiger partial charge in [-0.3, -0.25) is 0 Å². The van der Waals surface area contributed by atoms with Crippen LogP contribution in [0.15, 0.2) is 42.5 Å². The van der Waals surface area contributed by atoms with E-state index in [1.807, 2.05) is 0 Å². The van der Waals surface area contributed by atoms with Gasteiger partial charge in [-0.25, -0.2) is 18.4 Å². The van der Waals surface area contributed by atoms with Gasteiger partial charge in [0, 0.05) is 36.4 Å². The fraction of sp³-hybridized carbons (Fsp3) is 0.364. The lowest BCUT2D eigenvalue weighted by Gasteiger charge is -2.39. The number of nitrogens with one attached hydrogen (secondary N) is 3. The third-order valence-corrected chi connectivity index (χ3v) is 5.64. The van der Waals surface area contributed by atoms with Crippen molar-refractivity contribution >= 4 is 23.4 Å². The van der Waals surface area contributed by atoms with E-state index in [1.165, 1.54) is 11.8 Å². The molecule has 2 heterocycles. The maximum absolute atomic E-state index is 13.6. The molecule has 0 bridgehead atoms. The number of urea groups is 2. The molecule has 2 atom stereocenters. The first-order chi connectivity index (χ1) is 15.3. The van der Waals surface area contributed by atoms with Gasteiger partial charge in [-0.15, -0.1) is 0 Å². The molecule has 0 saturated carbocycles. The van der Waals surface area contributed by atoms with Gasteiger partial charge in [0.1, 0.15) is 5.75 Å². The van der Waals surface area contributed by atoms with Gasteiger partial charge >= 0.3 is 12.1 Å². The Balaban J connectivity index is 1.47. The predicted octanol–water partition coefficient (Wildman–Crippen LogP) is 3.70. The number of aliphatic hydroxyl groups is 1. The molecule has 4 rings (SSSR count). The van der Waals surface area contributed by atoms with Crippen LogP contribution in [-0.2, 0) is 6.54 Å². The molecule has 0 aromatic heterocycles. The van der Waals surface area contributed by atoms with Crippen LogP contribution in [0.2, 0.25) is 0 Å². The average molecular weight is 446 g/mol. The van der Waals surface area contributed by atoms with Crippen LogP contribution in [0.5, 0.6) is 5.75 Å². The third kappa shape index (κ3) is 4.31. The zero-order valence-electron chi connectivity index (χ0n) is 17.4. The number of nitrogens with zero attached hydrogens (tertiary/aromatic N) is 1. The number of aliphatic hydroxyl groups excluding tert-OH is 1. The van der Waals surface area contributed by atoms with Gasteiger partial charge in [-0.1, -0.05) is 24.3 Å². The van der Waals surface area contributed by atoms with Crippen molar-refractivity contribution in [2.75, 3.05) is 23.8 Å². The zero-order chi connectivity index (χ0) is 22.9. The second-order valence-electron chi connectivity index (χ2n) is 8.06. The molecule has 4 N–H and O–H groups in total. The van der Waals surface area contributed by atoms with Crippen molar-refractivity contribution in [1.29, 1.82) is 0 Å². The molecule has 0 fully saturated rings. The Hall–Kier alpha value is -3.40. The number of amides is 4. The van der Waals surface area contributed by atoms with Crippen LogP contribution in [0.25, 0.3) is 0 Å². The van der Waals surface area contributed by atoms with Crippen LogP contribution < -0.4 is 20.7 Å². The van der Waals surface area contributed by atoms with E-state index in [1.54, 1.807) is 42.5 Å². The topological polar surface area (TPSA) is 103 Å². The number of ether oxygens (including phenoxy) is 1. The summed E-state index contributed by atoms with van der Waals surface area (Å²) >= 11 is 0. The van der Waals surface area contributed by atoms with Crippen molar-refractivity contribution in [2.45, 2.75) is 38.0 Å². The highest BCUT2D eigenvalue weighted by Crippen LogP contribution is 2.42. The largest absolute Gasteiger partial charge is 0.481 e. The number of rotatable bonds is 5. The van der Waals surface area contributed by atoms with E-state index in [-0.39, 0.29) is 25.6 Å². The Morgan fingerprint density at radius 2 is 2.12 bits per heavy atom. The first-order valence-corrected chi connectivity index (χ1v) is 10.2. The molecule has 0 saturated heterocycles. The molecule has 170 valence electrons. The number of benzene rings is 2. The van der Waals surface area contributed by atoms with Crippen LogP contribution >= 0.6 is 0 Å². The third-order valence-electron chi connectivity index (χ3n) is 5.64. The van der Waals surface area contributed by atoms with Crippen LogP contribution in [-0.4, -0.2) is 47.2 Å². The number of hydrogen-bond acceptors (Lipinski definition) is 4.